The minimum atomic E-state index is -0.266. The monoisotopic (exact) mass is 518 g/mol. The Morgan fingerprint density at radius 2 is 1.68 bits per heavy atom. The molecule has 0 spiro atoms. The summed E-state index contributed by atoms with van der Waals surface area (Å²) < 4.78 is 7.61. The fourth-order valence-corrected chi connectivity index (χ4v) is 4.10. The van der Waals surface area contributed by atoms with Crippen molar-refractivity contribution >= 4 is 69.8 Å². The summed E-state index contributed by atoms with van der Waals surface area (Å²) in [4.78, 5) is 12.3. The van der Waals surface area contributed by atoms with Crippen LogP contribution in [0.4, 0.5) is 5.69 Å². The number of rotatable bonds is 7. The smallest absolute Gasteiger partial charge is 0.234 e. The Bertz CT molecular complexity index is 1110. The average Bonchev–Trinajstić information content (AvgIpc) is 3.06. The van der Waals surface area contributed by atoms with Crippen LogP contribution in [0.5, 0.6) is 5.75 Å². The SMILES string of the molecule is Cc1cc(OCc2nnc(SCC(=O)Nc3cc(Cl)c(Cl)cc3Cl)n2C)cc(C)c1Cl. The second-order valence-electron chi connectivity index (χ2n) is 6.70. The van der Waals surface area contributed by atoms with Gasteiger partial charge in [-0.05, 0) is 49.2 Å². The fourth-order valence-electron chi connectivity index (χ4n) is 2.67. The highest BCUT2D eigenvalue weighted by Crippen LogP contribution is 2.32. The Kier molecular flexibility index (Phi) is 7.99. The summed E-state index contributed by atoms with van der Waals surface area (Å²) in [5.74, 6) is 1.17. The second kappa shape index (κ2) is 10.3. The van der Waals surface area contributed by atoms with Crippen molar-refractivity contribution in [2.45, 2.75) is 25.6 Å². The van der Waals surface area contributed by atoms with Gasteiger partial charge in [0.25, 0.3) is 0 Å². The van der Waals surface area contributed by atoms with E-state index in [1.54, 1.807) is 4.57 Å². The van der Waals surface area contributed by atoms with Gasteiger partial charge in [0.2, 0.25) is 5.91 Å². The molecule has 2 aromatic carbocycles. The van der Waals surface area contributed by atoms with Crippen molar-refractivity contribution < 1.29 is 9.53 Å². The largest absolute Gasteiger partial charge is 0.486 e. The number of amides is 1. The molecule has 0 atom stereocenters. The summed E-state index contributed by atoms with van der Waals surface area (Å²) in [7, 11) is 1.81. The molecule has 1 amide bonds. The predicted molar refractivity (Wildman–Crippen MR) is 127 cm³/mol. The molecule has 3 rings (SSSR count). The molecule has 0 saturated carbocycles. The third-order valence-corrected chi connectivity index (χ3v) is 6.97. The van der Waals surface area contributed by atoms with Crippen LogP contribution in [0.2, 0.25) is 20.1 Å². The van der Waals surface area contributed by atoms with E-state index in [0.717, 1.165) is 16.1 Å². The van der Waals surface area contributed by atoms with Crippen LogP contribution >= 0.6 is 58.2 Å². The summed E-state index contributed by atoms with van der Waals surface area (Å²) in [6, 6.07) is 6.74. The van der Waals surface area contributed by atoms with E-state index >= 15 is 0 Å². The second-order valence-corrected chi connectivity index (χ2v) is 9.24. The standard InChI is InChI=1S/C20H18Cl4N4O2S/c1-10-4-12(5-11(2)19(10)24)30-8-17-26-27-20(28(17)3)31-9-18(29)25-16-7-14(22)13(21)6-15(16)23/h4-7H,8-9H2,1-3H3,(H,25,29). The summed E-state index contributed by atoms with van der Waals surface area (Å²) >= 11 is 25.4. The summed E-state index contributed by atoms with van der Waals surface area (Å²) in [5, 5.41) is 13.2. The van der Waals surface area contributed by atoms with Gasteiger partial charge < -0.3 is 14.6 Å². The Balaban J connectivity index is 1.58. The number of benzene rings is 2. The number of anilines is 1. The Hall–Kier alpha value is -1.64. The molecule has 11 heteroatoms. The molecule has 164 valence electrons. The number of thioether (sulfide) groups is 1. The first-order chi connectivity index (χ1) is 14.7. The highest BCUT2D eigenvalue weighted by molar-refractivity contribution is 7.99. The molecular formula is C20H18Cl4N4O2S. The highest BCUT2D eigenvalue weighted by Gasteiger charge is 2.14. The zero-order chi connectivity index (χ0) is 22.7. The van der Waals surface area contributed by atoms with Gasteiger partial charge in [-0.1, -0.05) is 58.2 Å². The number of aryl methyl sites for hydroxylation is 2. The normalized spacial score (nSPS) is 10.9. The van der Waals surface area contributed by atoms with Gasteiger partial charge in [-0.3, -0.25) is 4.79 Å². The van der Waals surface area contributed by atoms with Crippen LogP contribution in [-0.2, 0) is 18.4 Å². The maximum atomic E-state index is 12.3. The first-order valence-corrected chi connectivity index (χ1v) is 11.5. The zero-order valence-corrected chi connectivity index (χ0v) is 20.6. The lowest BCUT2D eigenvalue weighted by atomic mass is 10.1. The fraction of sp³-hybridized carbons (Fsp3) is 0.250. The summed E-state index contributed by atoms with van der Waals surface area (Å²) in [6.45, 7) is 4.08. The van der Waals surface area contributed by atoms with Crippen molar-refractivity contribution in [3.05, 3.63) is 61.3 Å². The van der Waals surface area contributed by atoms with E-state index in [0.29, 0.717) is 37.5 Å². The molecule has 1 heterocycles. The van der Waals surface area contributed by atoms with Crippen molar-refractivity contribution in [2.75, 3.05) is 11.1 Å². The minimum Gasteiger partial charge on any atom is -0.486 e. The van der Waals surface area contributed by atoms with Gasteiger partial charge >= 0.3 is 0 Å². The van der Waals surface area contributed by atoms with Crippen molar-refractivity contribution in [3.63, 3.8) is 0 Å². The van der Waals surface area contributed by atoms with Crippen molar-refractivity contribution in [2.24, 2.45) is 7.05 Å². The van der Waals surface area contributed by atoms with Gasteiger partial charge in [-0.25, -0.2) is 0 Å². The molecule has 0 radical (unpaired) electrons. The van der Waals surface area contributed by atoms with Crippen LogP contribution in [-0.4, -0.2) is 26.4 Å². The minimum absolute atomic E-state index is 0.110. The highest BCUT2D eigenvalue weighted by atomic mass is 35.5. The third-order valence-electron chi connectivity index (χ3n) is 4.32. The van der Waals surface area contributed by atoms with Gasteiger partial charge in [0.1, 0.15) is 12.4 Å². The third kappa shape index (κ3) is 5.99. The first kappa shape index (κ1) is 24.0. The number of hydrogen-bond donors (Lipinski definition) is 1. The van der Waals surface area contributed by atoms with Crippen LogP contribution in [0.3, 0.4) is 0 Å². The van der Waals surface area contributed by atoms with Crippen molar-refractivity contribution in [1.82, 2.24) is 14.8 Å². The quantitative estimate of drug-likeness (QED) is 0.290. The summed E-state index contributed by atoms with van der Waals surface area (Å²) in [6.07, 6.45) is 0. The molecule has 0 aliphatic heterocycles. The van der Waals surface area contributed by atoms with E-state index in [2.05, 4.69) is 15.5 Å². The molecule has 0 unspecified atom stereocenters. The number of carbonyl (C=O) groups excluding carboxylic acids is 1. The topological polar surface area (TPSA) is 69.0 Å². The van der Waals surface area contributed by atoms with Crippen molar-refractivity contribution in [3.8, 4) is 5.75 Å². The van der Waals surface area contributed by atoms with Gasteiger partial charge in [0.15, 0.2) is 11.0 Å². The van der Waals surface area contributed by atoms with E-state index in [1.807, 2.05) is 33.0 Å². The van der Waals surface area contributed by atoms with E-state index in [4.69, 9.17) is 51.1 Å². The number of aromatic nitrogens is 3. The number of hydrogen-bond acceptors (Lipinski definition) is 5. The van der Waals surface area contributed by atoms with Gasteiger partial charge in [0, 0.05) is 12.1 Å². The maximum absolute atomic E-state index is 12.3. The Morgan fingerprint density at radius 3 is 2.35 bits per heavy atom. The number of ether oxygens (including phenoxy) is 1. The maximum Gasteiger partial charge on any atom is 0.234 e. The van der Waals surface area contributed by atoms with Crippen LogP contribution < -0.4 is 10.1 Å². The number of nitrogens with zero attached hydrogens (tertiary/aromatic N) is 3. The Labute approximate surface area is 204 Å². The predicted octanol–water partition coefficient (Wildman–Crippen LogP) is 6.36. The molecule has 1 N–H and O–H groups in total. The van der Waals surface area contributed by atoms with Gasteiger partial charge in [0.05, 0.1) is 26.5 Å². The van der Waals surface area contributed by atoms with Crippen molar-refractivity contribution in [1.29, 1.82) is 0 Å². The zero-order valence-electron chi connectivity index (χ0n) is 16.8. The molecule has 0 bridgehead atoms. The van der Waals surface area contributed by atoms with E-state index in [1.165, 1.54) is 23.9 Å². The first-order valence-electron chi connectivity index (χ1n) is 9.00. The molecular weight excluding hydrogens is 502 g/mol. The molecule has 1 aromatic heterocycles. The number of nitrogens with one attached hydrogen (secondary N) is 1. The molecule has 3 aromatic rings. The van der Waals surface area contributed by atoms with Gasteiger partial charge in [-0.15, -0.1) is 10.2 Å². The number of carbonyl (C=O) groups is 1. The molecule has 0 aliphatic rings. The summed E-state index contributed by atoms with van der Waals surface area (Å²) in [5.41, 5.74) is 2.28. The van der Waals surface area contributed by atoms with Crippen LogP contribution in [0.15, 0.2) is 29.4 Å². The lowest BCUT2D eigenvalue weighted by Gasteiger charge is -2.10. The molecule has 0 aliphatic carbocycles. The average molecular weight is 520 g/mol. The van der Waals surface area contributed by atoms with Gasteiger partial charge in [-0.2, -0.15) is 0 Å². The molecule has 6 nitrogen and oxygen atoms in total. The lowest BCUT2D eigenvalue weighted by Crippen LogP contribution is -2.15. The Morgan fingerprint density at radius 1 is 1.03 bits per heavy atom. The van der Waals surface area contributed by atoms with E-state index in [-0.39, 0.29) is 18.3 Å². The molecule has 0 fully saturated rings. The van der Waals surface area contributed by atoms with Crippen LogP contribution in [0, 0.1) is 13.8 Å². The van der Waals surface area contributed by atoms with Crippen LogP contribution in [0.25, 0.3) is 0 Å². The number of halogens is 4. The molecule has 0 saturated heterocycles. The van der Waals surface area contributed by atoms with Crippen LogP contribution in [0.1, 0.15) is 17.0 Å². The van der Waals surface area contributed by atoms with E-state index in [9.17, 15) is 4.79 Å². The lowest BCUT2D eigenvalue weighted by molar-refractivity contribution is -0.113. The molecule has 31 heavy (non-hydrogen) atoms. The van der Waals surface area contributed by atoms with E-state index < -0.39 is 0 Å².